The van der Waals surface area contributed by atoms with E-state index in [1.54, 1.807) is 0 Å². The van der Waals surface area contributed by atoms with E-state index in [2.05, 4.69) is 4.90 Å². The first-order valence-electron chi connectivity index (χ1n) is 5.41. The highest BCUT2D eigenvalue weighted by molar-refractivity contribution is 5.73. The molecular weight excluding hydrogens is 180 g/mol. The predicted molar refractivity (Wildman–Crippen MR) is 52.9 cm³/mol. The minimum atomic E-state index is -0.852. The average Bonchev–Trinajstić information content (AvgIpc) is 3.00. The van der Waals surface area contributed by atoms with Crippen molar-refractivity contribution in [1.29, 1.82) is 0 Å². The molecule has 4 nitrogen and oxygen atoms in total. The molecule has 14 heavy (non-hydrogen) atoms. The highest BCUT2D eigenvalue weighted by atomic mass is 16.4. The van der Waals surface area contributed by atoms with Crippen LogP contribution in [0.2, 0.25) is 0 Å². The number of carboxylic acid groups (broad SMARTS) is 1. The summed E-state index contributed by atoms with van der Waals surface area (Å²) in [4.78, 5) is 13.2. The lowest BCUT2D eigenvalue weighted by molar-refractivity contribution is -0.140. The van der Waals surface area contributed by atoms with Gasteiger partial charge in [-0.1, -0.05) is 0 Å². The van der Waals surface area contributed by atoms with Crippen LogP contribution in [0.5, 0.6) is 0 Å². The van der Waals surface area contributed by atoms with Crippen molar-refractivity contribution in [3.8, 4) is 0 Å². The Morgan fingerprint density at radius 2 is 1.86 bits per heavy atom. The molecule has 2 fully saturated rings. The van der Waals surface area contributed by atoms with E-state index in [0.717, 1.165) is 32.0 Å². The molecule has 2 rings (SSSR count). The molecule has 1 heterocycles. The van der Waals surface area contributed by atoms with Crippen molar-refractivity contribution in [2.24, 2.45) is 11.7 Å². The smallest absolute Gasteiger partial charge is 0.320 e. The Bertz CT molecular complexity index is 220. The molecule has 1 aliphatic carbocycles. The minimum absolute atomic E-state index is 0.183. The maximum absolute atomic E-state index is 10.7. The van der Waals surface area contributed by atoms with E-state index >= 15 is 0 Å². The Morgan fingerprint density at radius 1 is 1.29 bits per heavy atom. The van der Waals surface area contributed by atoms with Gasteiger partial charge >= 0.3 is 5.97 Å². The average molecular weight is 198 g/mol. The van der Waals surface area contributed by atoms with E-state index in [1.807, 2.05) is 0 Å². The molecule has 2 aliphatic rings. The zero-order chi connectivity index (χ0) is 10.1. The summed E-state index contributed by atoms with van der Waals surface area (Å²) in [6.07, 6.45) is 4.55. The van der Waals surface area contributed by atoms with Crippen molar-refractivity contribution < 1.29 is 9.90 Å². The number of rotatable bonds is 3. The number of aliphatic carboxylic acids is 1. The fourth-order valence-electron chi connectivity index (χ4n) is 2.29. The molecule has 0 radical (unpaired) electrons. The monoisotopic (exact) mass is 198 g/mol. The third-order valence-corrected chi connectivity index (χ3v) is 3.43. The summed E-state index contributed by atoms with van der Waals surface area (Å²) in [6.45, 7) is 2.08. The second kappa shape index (κ2) is 3.87. The van der Waals surface area contributed by atoms with Crippen LogP contribution < -0.4 is 5.73 Å². The molecule has 0 spiro atoms. The molecule has 0 bridgehead atoms. The number of nitrogens with two attached hydrogens (primary N) is 1. The Morgan fingerprint density at radius 3 is 2.29 bits per heavy atom. The molecule has 0 aromatic heterocycles. The van der Waals surface area contributed by atoms with E-state index in [-0.39, 0.29) is 5.92 Å². The number of likely N-dealkylation sites (tertiary alicyclic amines) is 1. The number of carboxylic acids is 1. The Kier molecular flexibility index (Phi) is 2.74. The van der Waals surface area contributed by atoms with Crippen LogP contribution in [0, 0.1) is 5.92 Å². The summed E-state index contributed by atoms with van der Waals surface area (Å²) in [5, 5.41) is 8.78. The lowest BCUT2D eigenvalue weighted by Gasteiger charge is -2.33. The van der Waals surface area contributed by atoms with Crippen molar-refractivity contribution in [3.05, 3.63) is 0 Å². The van der Waals surface area contributed by atoms with Crippen molar-refractivity contribution in [2.75, 3.05) is 13.1 Å². The van der Waals surface area contributed by atoms with E-state index in [1.165, 1.54) is 12.8 Å². The zero-order valence-corrected chi connectivity index (χ0v) is 8.35. The van der Waals surface area contributed by atoms with E-state index < -0.39 is 12.0 Å². The van der Waals surface area contributed by atoms with Gasteiger partial charge in [-0.3, -0.25) is 4.79 Å². The van der Waals surface area contributed by atoms with Crippen molar-refractivity contribution >= 4 is 5.97 Å². The Hall–Kier alpha value is -0.610. The van der Waals surface area contributed by atoms with Crippen LogP contribution in [0.25, 0.3) is 0 Å². The summed E-state index contributed by atoms with van der Waals surface area (Å²) < 4.78 is 0. The van der Waals surface area contributed by atoms with Crippen LogP contribution in [-0.2, 0) is 4.79 Å². The van der Waals surface area contributed by atoms with Gasteiger partial charge in [0.05, 0.1) is 0 Å². The first-order valence-corrected chi connectivity index (χ1v) is 5.41. The van der Waals surface area contributed by atoms with Crippen LogP contribution in [-0.4, -0.2) is 41.1 Å². The highest BCUT2D eigenvalue weighted by Crippen LogP contribution is 2.31. The normalized spacial score (nSPS) is 27.5. The maximum Gasteiger partial charge on any atom is 0.320 e. The van der Waals surface area contributed by atoms with Gasteiger partial charge in [-0.05, 0) is 44.7 Å². The molecule has 1 atom stereocenters. The van der Waals surface area contributed by atoms with Gasteiger partial charge in [-0.2, -0.15) is 0 Å². The molecule has 80 valence electrons. The SMILES string of the molecule is NC(C(=O)O)C1CCN(C2CC2)CC1. The lowest BCUT2D eigenvalue weighted by atomic mass is 9.90. The number of piperidine rings is 1. The van der Waals surface area contributed by atoms with Gasteiger partial charge in [0.1, 0.15) is 6.04 Å². The molecule has 0 aromatic carbocycles. The van der Waals surface area contributed by atoms with E-state index in [0.29, 0.717) is 0 Å². The van der Waals surface area contributed by atoms with Crippen LogP contribution in [0.3, 0.4) is 0 Å². The van der Waals surface area contributed by atoms with E-state index in [4.69, 9.17) is 10.8 Å². The van der Waals surface area contributed by atoms with Crippen LogP contribution >= 0.6 is 0 Å². The number of carbonyl (C=O) groups is 1. The van der Waals surface area contributed by atoms with Crippen LogP contribution in [0.15, 0.2) is 0 Å². The van der Waals surface area contributed by atoms with Gasteiger partial charge in [0.15, 0.2) is 0 Å². The van der Waals surface area contributed by atoms with Crippen molar-refractivity contribution in [3.63, 3.8) is 0 Å². The largest absolute Gasteiger partial charge is 0.480 e. The van der Waals surface area contributed by atoms with Crippen LogP contribution in [0.1, 0.15) is 25.7 Å². The number of hydrogen-bond acceptors (Lipinski definition) is 3. The Labute approximate surface area is 84.1 Å². The molecule has 1 saturated heterocycles. The van der Waals surface area contributed by atoms with Crippen molar-refractivity contribution in [2.45, 2.75) is 37.8 Å². The second-order valence-corrected chi connectivity index (χ2v) is 4.47. The highest BCUT2D eigenvalue weighted by Gasteiger charge is 2.34. The zero-order valence-electron chi connectivity index (χ0n) is 8.35. The number of nitrogens with zero attached hydrogens (tertiary/aromatic N) is 1. The standard InChI is InChI=1S/C10H18N2O2/c11-9(10(13)14)7-3-5-12(6-4-7)8-1-2-8/h7-9H,1-6,11H2,(H,13,14). The molecule has 4 heteroatoms. The van der Waals surface area contributed by atoms with E-state index in [9.17, 15) is 4.79 Å². The van der Waals surface area contributed by atoms with Gasteiger partial charge in [0.2, 0.25) is 0 Å². The molecule has 1 unspecified atom stereocenters. The fraction of sp³-hybridized carbons (Fsp3) is 0.900. The molecule has 3 N–H and O–H groups in total. The maximum atomic E-state index is 10.7. The van der Waals surface area contributed by atoms with Gasteiger partial charge < -0.3 is 15.7 Å². The quantitative estimate of drug-likeness (QED) is 0.683. The topological polar surface area (TPSA) is 66.6 Å². The van der Waals surface area contributed by atoms with Crippen molar-refractivity contribution in [1.82, 2.24) is 4.90 Å². The van der Waals surface area contributed by atoms with Gasteiger partial charge in [0, 0.05) is 6.04 Å². The molecular formula is C10H18N2O2. The minimum Gasteiger partial charge on any atom is -0.480 e. The predicted octanol–water partition coefficient (Wildman–Crippen LogP) is 0.273. The summed E-state index contributed by atoms with van der Waals surface area (Å²) in [5.74, 6) is -0.669. The Balaban J connectivity index is 1.79. The van der Waals surface area contributed by atoms with Crippen LogP contribution in [0.4, 0.5) is 0 Å². The molecule has 0 aromatic rings. The van der Waals surface area contributed by atoms with Gasteiger partial charge in [-0.15, -0.1) is 0 Å². The number of hydrogen-bond donors (Lipinski definition) is 2. The molecule has 1 saturated carbocycles. The summed E-state index contributed by atoms with van der Waals surface area (Å²) in [5.41, 5.74) is 5.61. The lowest BCUT2D eigenvalue weighted by Crippen LogP contribution is -2.45. The first-order chi connectivity index (χ1) is 6.68. The summed E-state index contributed by atoms with van der Waals surface area (Å²) in [6, 6.07) is 0.147. The third kappa shape index (κ3) is 2.07. The summed E-state index contributed by atoms with van der Waals surface area (Å²) in [7, 11) is 0. The fourth-order valence-corrected chi connectivity index (χ4v) is 2.29. The second-order valence-electron chi connectivity index (χ2n) is 4.47. The molecule has 1 aliphatic heterocycles. The summed E-state index contributed by atoms with van der Waals surface area (Å²) >= 11 is 0. The van der Waals surface area contributed by atoms with Gasteiger partial charge in [-0.25, -0.2) is 0 Å². The third-order valence-electron chi connectivity index (χ3n) is 3.43. The first kappa shape index (κ1) is 9.93. The van der Waals surface area contributed by atoms with Gasteiger partial charge in [0.25, 0.3) is 0 Å². The molecule has 0 amide bonds.